The smallest absolute Gasteiger partial charge is 0.314 e. The third-order valence-electron chi connectivity index (χ3n) is 3.93. The summed E-state index contributed by atoms with van der Waals surface area (Å²) in [6.07, 6.45) is 1.67. The van der Waals surface area contributed by atoms with E-state index in [1.165, 1.54) is 18.2 Å². The molecule has 1 aliphatic rings. The topological polar surface area (TPSA) is 96.9 Å². The number of piperidine rings is 1. The van der Waals surface area contributed by atoms with Crippen LogP contribution in [0.1, 0.15) is 25.3 Å². The number of nitrogens with one attached hydrogen (secondary N) is 1. The van der Waals surface area contributed by atoms with Gasteiger partial charge in [0, 0.05) is 17.7 Å². The number of nitro groups is 1. The zero-order chi connectivity index (χ0) is 16.1. The zero-order valence-electron chi connectivity index (χ0n) is 12.5. The number of likely N-dealkylation sites (tertiary alicyclic amines) is 1. The summed E-state index contributed by atoms with van der Waals surface area (Å²) in [5, 5.41) is 22.7. The van der Waals surface area contributed by atoms with Crippen LogP contribution in [0.2, 0.25) is 0 Å². The van der Waals surface area contributed by atoms with Crippen molar-refractivity contribution >= 4 is 11.7 Å². The number of quaternary nitrogens is 1. The van der Waals surface area contributed by atoms with Crippen LogP contribution in [-0.2, 0) is 16.1 Å². The van der Waals surface area contributed by atoms with Gasteiger partial charge in [-0.2, -0.15) is 0 Å². The SMILES string of the molecule is CCOC(=O)[C@@H]1CCC[NH+](Cc2cc([N+](=O)[O-])ccc2[O-])C1. The molecule has 1 aliphatic heterocycles. The highest BCUT2D eigenvalue weighted by molar-refractivity contribution is 5.72. The monoisotopic (exact) mass is 308 g/mol. The van der Waals surface area contributed by atoms with Gasteiger partial charge in [-0.15, -0.1) is 0 Å². The lowest BCUT2D eigenvalue weighted by molar-refractivity contribution is -0.921. The molecular formula is C15H20N2O5. The minimum atomic E-state index is -0.504. The van der Waals surface area contributed by atoms with E-state index in [-0.39, 0.29) is 23.3 Å². The van der Waals surface area contributed by atoms with E-state index in [0.29, 0.717) is 25.3 Å². The number of non-ortho nitro benzene ring substituents is 1. The molecule has 0 radical (unpaired) electrons. The van der Waals surface area contributed by atoms with Crippen molar-refractivity contribution in [2.75, 3.05) is 19.7 Å². The van der Waals surface area contributed by atoms with Crippen molar-refractivity contribution in [2.45, 2.75) is 26.3 Å². The number of nitro benzene ring substituents is 1. The van der Waals surface area contributed by atoms with Crippen molar-refractivity contribution in [1.82, 2.24) is 0 Å². The van der Waals surface area contributed by atoms with Crippen molar-refractivity contribution in [2.24, 2.45) is 5.92 Å². The van der Waals surface area contributed by atoms with Crippen molar-refractivity contribution in [3.63, 3.8) is 0 Å². The minimum Gasteiger partial charge on any atom is -0.872 e. The molecule has 2 rings (SSSR count). The van der Waals surface area contributed by atoms with Crippen molar-refractivity contribution in [1.29, 1.82) is 0 Å². The zero-order valence-corrected chi connectivity index (χ0v) is 12.5. The number of ether oxygens (including phenoxy) is 1. The summed E-state index contributed by atoms with van der Waals surface area (Å²) in [6.45, 7) is 3.98. The summed E-state index contributed by atoms with van der Waals surface area (Å²) in [7, 11) is 0. The number of rotatable bonds is 5. The van der Waals surface area contributed by atoms with Crippen LogP contribution in [0.25, 0.3) is 0 Å². The first-order valence-corrected chi connectivity index (χ1v) is 7.45. The lowest BCUT2D eigenvalue weighted by Crippen LogP contribution is -3.12. The Bertz CT molecular complexity index is 561. The summed E-state index contributed by atoms with van der Waals surface area (Å²) in [5.41, 5.74) is 0.349. The van der Waals surface area contributed by atoms with Gasteiger partial charge < -0.3 is 14.7 Å². The predicted octanol–water partition coefficient (Wildman–Crippen LogP) is 0.0264. The van der Waals surface area contributed by atoms with Crippen LogP contribution < -0.4 is 10.0 Å². The Morgan fingerprint density at radius 3 is 2.95 bits per heavy atom. The third kappa shape index (κ3) is 3.94. The Kier molecular flexibility index (Phi) is 5.32. The second-order valence-electron chi connectivity index (χ2n) is 5.52. The first-order chi connectivity index (χ1) is 10.5. The highest BCUT2D eigenvalue weighted by Crippen LogP contribution is 2.20. The average molecular weight is 308 g/mol. The van der Waals surface area contributed by atoms with Gasteiger partial charge >= 0.3 is 5.97 Å². The highest BCUT2D eigenvalue weighted by Gasteiger charge is 2.29. The molecule has 7 nitrogen and oxygen atoms in total. The normalized spacial score (nSPS) is 21.3. The molecule has 0 spiro atoms. The fourth-order valence-corrected chi connectivity index (χ4v) is 2.86. The maximum Gasteiger partial charge on any atom is 0.314 e. The Morgan fingerprint density at radius 2 is 2.27 bits per heavy atom. The van der Waals surface area contributed by atoms with Gasteiger partial charge in [-0.3, -0.25) is 14.9 Å². The average Bonchev–Trinajstić information content (AvgIpc) is 2.50. The molecule has 1 aromatic carbocycles. The van der Waals surface area contributed by atoms with E-state index >= 15 is 0 Å². The van der Waals surface area contributed by atoms with Gasteiger partial charge in [0.05, 0.1) is 24.6 Å². The molecule has 1 N–H and O–H groups in total. The summed E-state index contributed by atoms with van der Waals surface area (Å²) < 4.78 is 5.05. The van der Waals surface area contributed by atoms with Gasteiger partial charge in [-0.25, -0.2) is 0 Å². The fourth-order valence-electron chi connectivity index (χ4n) is 2.86. The van der Waals surface area contributed by atoms with E-state index in [1.54, 1.807) is 6.92 Å². The van der Waals surface area contributed by atoms with E-state index in [0.717, 1.165) is 24.3 Å². The standard InChI is InChI=1S/C15H20N2O5/c1-2-22-15(19)11-4-3-7-16(9-11)10-12-8-13(17(20)21)5-6-14(12)18/h5-6,8,11,18H,2-4,7,9-10H2,1H3/t11-/m1/s1. The molecule has 1 unspecified atom stereocenters. The van der Waals surface area contributed by atoms with Gasteiger partial charge in [-0.05, 0) is 19.8 Å². The first kappa shape index (κ1) is 16.2. The summed E-state index contributed by atoms with van der Waals surface area (Å²) in [4.78, 5) is 23.2. The van der Waals surface area contributed by atoms with E-state index in [4.69, 9.17) is 4.74 Å². The molecule has 22 heavy (non-hydrogen) atoms. The molecule has 0 saturated carbocycles. The van der Waals surface area contributed by atoms with E-state index in [2.05, 4.69) is 0 Å². The largest absolute Gasteiger partial charge is 0.872 e. The molecule has 7 heteroatoms. The number of nitrogens with zero attached hydrogens (tertiary/aromatic N) is 1. The van der Waals surface area contributed by atoms with Gasteiger partial charge in [0.2, 0.25) is 0 Å². The summed E-state index contributed by atoms with van der Waals surface area (Å²) in [5.74, 6) is -0.546. The number of esters is 1. The molecule has 1 heterocycles. The lowest BCUT2D eigenvalue weighted by Gasteiger charge is -2.29. The molecule has 1 aromatic rings. The number of hydrogen-bond acceptors (Lipinski definition) is 5. The number of benzene rings is 1. The highest BCUT2D eigenvalue weighted by atomic mass is 16.6. The maximum absolute atomic E-state index is 11.9. The Morgan fingerprint density at radius 1 is 1.50 bits per heavy atom. The second kappa shape index (κ2) is 7.22. The van der Waals surface area contributed by atoms with Crippen LogP contribution in [0.3, 0.4) is 0 Å². The molecule has 120 valence electrons. The fraction of sp³-hybridized carbons (Fsp3) is 0.533. The van der Waals surface area contributed by atoms with Gasteiger partial charge in [0.1, 0.15) is 12.5 Å². The molecule has 0 amide bonds. The molecule has 0 aliphatic carbocycles. The van der Waals surface area contributed by atoms with Crippen LogP contribution >= 0.6 is 0 Å². The van der Waals surface area contributed by atoms with E-state index in [1.807, 2.05) is 0 Å². The van der Waals surface area contributed by atoms with Crippen molar-refractivity contribution < 1.29 is 24.5 Å². The summed E-state index contributed by atoms with van der Waals surface area (Å²) in [6, 6.07) is 3.79. The molecule has 1 fully saturated rings. The van der Waals surface area contributed by atoms with Gasteiger partial charge in [0.25, 0.3) is 5.69 Å². The lowest BCUT2D eigenvalue weighted by atomic mass is 9.97. The van der Waals surface area contributed by atoms with Crippen LogP contribution in [0, 0.1) is 16.0 Å². The second-order valence-corrected chi connectivity index (χ2v) is 5.52. The van der Waals surface area contributed by atoms with Crippen LogP contribution in [0.5, 0.6) is 5.75 Å². The molecule has 0 aromatic heterocycles. The Hall–Kier alpha value is -2.15. The number of hydrogen-bond donors (Lipinski definition) is 1. The van der Waals surface area contributed by atoms with E-state index < -0.39 is 4.92 Å². The van der Waals surface area contributed by atoms with E-state index in [9.17, 15) is 20.0 Å². The Balaban J connectivity index is 2.05. The van der Waals surface area contributed by atoms with Crippen LogP contribution in [0.4, 0.5) is 5.69 Å². The predicted molar refractivity (Wildman–Crippen MR) is 76.3 cm³/mol. The molecule has 1 saturated heterocycles. The van der Waals surface area contributed by atoms with Crippen LogP contribution in [-0.4, -0.2) is 30.6 Å². The van der Waals surface area contributed by atoms with Crippen molar-refractivity contribution in [3.05, 3.63) is 33.9 Å². The first-order valence-electron chi connectivity index (χ1n) is 7.45. The van der Waals surface area contributed by atoms with Crippen LogP contribution in [0.15, 0.2) is 18.2 Å². The third-order valence-corrected chi connectivity index (χ3v) is 3.93. The van der Waals surface area contributed by atoms with Gasteiger partial charge in [-0.1, -0.05) is 11.8 Å². The molecular weight excluding hydrogens is 288 g/mol. The Labute approximate surface area is 128 Å². The minimum absolute atomic E-state index is 0.0760. The maximum atomic E-state index is 11.9. The van der Waals surface area contributed by atoms with Gasteiger partial charge in [0.15, 0.2) is 0 Å². The molecule has 0 bridgehead atoms. The number of carbonyl (C=O) groups is 1. The molecule has 2 atom stereocenters. The van der Waals surface area contributed by atoms with Crippen molar-refractivity contribution in [3.8, 4) is 5.75 Å². The summed E-state index contributed by atoms with van der Waals surface area (Å²) >= 11 is 0. The number of carbonyl (C=O) groups excluding carboxylic acids is 1. The quantitative estimate of drug-likeness (QED) is 0.470.